The molecule has 2 rings (SSSR count). The molecular formula is C14H18Cl2FNO. The predicted molar refractivity (Wildman–Crippen MR) is 77.7 cm³/mol. The number of rotatable bonds is 3. The van der Waals surface area contributed by atoms with Crippen LogP contribution in [0.4, 0.5) is 10.1 Å². The fourth-order valence-electron chi connectivity index (χ4n) is 2.38. The molecule has 106 valence electrons. The van der Waals surface area contributed by atoms with Crippen LogP contribution in [0.25, 0.3) is 0 Å². The Kier molecular flexibility index (Phi) is 4.59. The van der Waals surface area contributed by atoms with E-state index in [4.69, 9.17) is 27.9 Å². The fourth-order valence-corrected chi connectivity index (χ4v) is 2.95. The van der Waals surface area contributed by atoms with Gasteiger partial charge in [0, 0.05) is 12.6 Å². The molecular weight excluding hydrogens is 288 g/mol. The molecule has 1 aliphatic rings. The molecule has 0 radical (unpaired) electrons. The number of halogens is 3. The van der Waals surface area contributed by atoms with E-state index in [0.29, 0.717) is 22.3 Å². The molecule has 0 spiro atoms. The molecule has 2 atom stereocenters. The third kappa shape index (κ3) is 3.53. The van der Waals surface area contributed by atoms with E-state index in [2.05, 4.69) is 19.2 Å². The van der Waals surface area contributed by atoms with Crippen LogP contribution in [-0.4, -0.2) is 18.2 Å². The van der Waals surface area contributed by atoms with Gasteiger partial charge in [-0.1, -0.05) is 30.1 Å². The standard InChI is InChI=1S/C14H18Cl2FNO/c1-3-14(2)8-10(4-5-19-14)18-13-11(15)6-9(17)7-12(13)16/h6-7,10,18H,3-5,8H2,1-2H3. The van der Waals surface area contributed by atoms with Gasteiger partial charge in [0.15, 0.2) is 0 Å². The van der Waals surface area contributed by atoms with Gasteiger partial charge in [0.25, 0.3) is 0 Å². The molecule has 0 aromatic heterocycles. The van der Waals surface area contributed by atoms with Gasteiger partial charge in [0.1, 0.15) is 5.82 Å². The van der Waals surface area contributed by atoms with Crippen LogP contribution in [0.1, 0.15) is 33.1 Å². The topological polar surface area (TPSA) is 21.3 Å². The lowest BCUT2D eigenvalue weighted by molar-refractivity contribution is -0.0708. The molecule has 1 fully saturated rings. The van der Waals surface area contributed by atoms with Gasteiger partial charge < -0.3 is 10.1 Å². The minimum atomic E-state index is -0.425. The molecule has 1 aliphatic heterocycles. The number of hydrogen-bond donors (Lipinski definition) is 1. The molecule has 1 heterocycles. The summed E-state index contributed by atoms with van der Waals surface area (Å²) in [7, 11) is 0. The molecule has 1 saturated heterocycles. The largest absolute Gasteiger partial charge is 0.380 e. The van der Waals surface area contributed by atoms with Crippen LogP contribution >= 0.6 is 23.2 Å². The monoisotopic (exact) mass is 305 g/mol. The minimum absolute atomic E-state index is 0.116. The maximum atomic E-state index is 13.1. The van der Waals surface area contributed by atoms with E-state index < -0.39 is 5.82 Å². The van der Waals surface area contributed by atoms with Crippen molar-refractivity contribution in [2.45, 2.75) is 44.8 Å². The Morgan fingerprint density at radius 3 is 2.63 bits per heavy atom. The summed E-state index contributed by atoms with van der Waals surface area (Å²) < 4.78 is 18.9. The first-order valence-electron chi connectivity index (χ1n) is 6.48. The van der Waals surface area contributed by atoms with Crippen molar-refractivity contribution in [2.75, 3.05) is 11.9 Å². The van der Waals surface area contributed by atoms with E-state index in [-0.39, 0.29) is 11.6 Å². The Balaban J connectivity index is 2.13. The summed E-state index contributed by atoms with van der Waals surface area (Å²) >= 11 is 12.1. The predicted octanol–water partition coefficient (Wildman–Crippen LogP) is 4.89. The Morgan fingerprint density at radius 2 is 2.05 bits per heavy atom. The molecule has 0 amide bonds. The summed E-state index contributed by atoms with van der Waals surface area (Å²) in [6.07, 6.45) is 2.73. The molecule has 1 aromatic rings. The Morgan fingerprint density at radius 1 is 1.42 bits per heavy atom. The van der Waals surface area contributed by atoms with Crippen LogP contribution in [0.3, 0.4) is 0 Å². The number of nitrogens with one attached hydrogen (secondary N) is 1. The highest BCUT2D eigenvalue weighted by Gasteiger charge is 2.32. The molecule has 1 aromatic carbocycles. The lowest BCUT2D eigenvalue weighted by Gasteiger charge is -2.38. The normalized spacial score (nSPS) is 27.3. The SMILES string of the molecule is CCC1(C)CC(Nc2c(Cl)cc(F)cc2Cl)CCO1. The van der Waals surface area contributed by atoms with Gasteiger partial charge in [-0.05, 0) is 38.3 Å². The third-order valence-corrected chi connectivity index (χ3v) is 4.29. The first-order valence-corrected chi connectivity index (χ1v) is 7.24. The average molecular weight is 306 g/mol. The van der Waals surface area contributed by atoms with Gasteiger partial charge in [0.05, 0.1) is 21.3 Å². The second-order valence-corrected chi connectivity index (χ2v) is 6.04. The molecule has 2 unspecified atom stereocenters. The lowest BCUT2D eigenvalue weighted by atomic mass is 9.90. The summed E-state index contributed by atoms with van der Waals surface area (Å²) in [4.78, 5) is 0. The molecule has 0 saturated carbocycles. The van der Waals surface area contributed by atoms with Gasteiger partial charge >= 0.3 is 0 Å². The summed E-state index contributed by atoms with van der Waals surface area (Å²) in [5, 5.41) is 3.95. The van der Waals surface area contributed by atoms with Crippen LogP contribution in [0, 0.1) is 5.82 Å². The third-order valence-electron chi connectivity index (χ3n) is 3.70. The fraction of sp³-hybridized carbons (Fsp3) is 0.571. The highest BCUT2D eigenvalue weighted by atomic mass is 35.5. The van der Waals surface area contributed by atoms with Gasteiger partial charge in [-0.25, -0.2) is 4.39 Å². The average Bonchev–Trinajstić information content (AvgIpc) is 2.34. The van der Waals surface area contributed by atoms with E-state index >= 15 is 0 Å². The van der Waals surface area contributed by atoms with E-state index in [1.54, 1.807) is 0 Å². The van der Waals surface area contributed by atoms with Crippen molar-refractivity contribution in [2.24, 2.45) is 0 Å². The van der Waals surface area contributed by atoms with Crippen molar-refractivity contribution >= 4 is 28.9 Å². The van der Waals surface area contributed by atoms with Crippen molar-refractivity contribution in [3.8, 4) is 0 Å². The maximum absolute atomic E-state index is 13.1. The zero-order valence-electron chi connectivity index (χ0n) is 11.1. The zero-order valence-corrected chi connectivity index (χ0v) is 12.6. The first-order chi connectivity index (χ1) is 8.93. The Bertz CT molecular complexity index is 446. The number of hydrogen-bond acceptors (Lipinski definition) is 2. The van der Waals surface area contributed by atoms with Gasteiger partial charge in [-0.2, -0.15) is 0 Å². The van der Waals surface area contributed by atoms with Gasteiger partial charge in [-0.3, -0.25) is 0 Å². The lowest BCUT2D eigenvalue weighted by Crippen LogP contribution is -2.41. The first kappa shape index (κ1) is 14.9. The highest BCUT2D eigenvalue weighted by Crippen LogP contribution is 2.35. The number of ether oxygens (including phenoxy) is 1. The van der Waals surface area contributed by atoms with Crippen molar-refractivity contribution < 1.29 is 9.13 Å². The minimum Gasteiger partial charge on any atom is -0.380 e. The second-order valence-electron chi connectivity index (χ2n) is 5.23. The van der Waals surface area contributed by atoms with Crippen LogP contribution < -0.4 is 5.32 Å². The van der Waals surface area contributed by atoms with Crippen LogP contribution in [0.2, 0.25) is 10.0 Å². The van der Waals surface area contributed by atoms with Gasteiger partial charge in [0.2, 0.25) is 0 Å². The molecule has 0 aliphatic carbocycles. The summed E-state index contributed by atoms with van der Waals surface area (Å²) in [6, 6.07) is 2.78. The van der Waals surface area contributed by atoms with E-state index in [1.807, 2.05) is 0 Å². The molecule has 2 nitrogen and oxygen atoms in total. The van der Waals surface area contributed by atoms with Gasteiger partial charge in [-0.15, -0.1) is 0 Å². The Labute approximate surface area is 123 Å². The van der Waals surface area contributed by atoms with E-state index in [1.165, 1.54) is 12.1 Å². The summed E-state index contributed by atoms with van der Waals surface area (Å²) in [5.41, 5.74) is 0.490. The zero-order chi connectivity index (χ0) is 14.0. The Hall–Kier alpha value is -0.510. The second kappa shape index (κ2) is 5.86. The number of benzene rings is 1. The van der Waals surface area contributed by atoms with Crippen LogP contribution in [-0.2, 0) is 4.74 Å². The summed E-state index contributed by atoms with van der Waals surface area (Å²) in [5.74, 6) is -0.425. The quantitative estimate of drug-likeness (QED) is 0.858. The highest BCUT2D eigenvalue weighted by molar-refractivity contribution is 6.39. The van der Waals surface area contributed by atoms with Crippen molar-refractivity contribution in [1.29, 1.82) is 0 Å². The van der Waals surface area contributed by atoms with E-state index in [9.17, 15) is 4.39 Å². The summed E-state index contributed by atoms with van der Waals surface area (Å²) in [6.45, 7) is 4.92. The maximum Gasteiger partial charge on any atom is 0.126 e. The molecule has 19 heavy (non-hydrogen) atoms. The van der Waals surface area contributed by atoms with Crippen molar-refractivity contribution in [3.05, 3.63) is 28.0 Å². The molecule has 1 N–H and O–H groups in total. The van der Waals surface area contributed by atoms with E-state index in [0.717, 1.165) is 19.3 Å². The van der Waals surface area contributed by atoms with Crippen molar-refractivity contribution in [1.82, 2.24) is 0 Å². The smallest absolute Gasteiger partial charge is 0.126 e. The molecule has 0 bridgehead atoms. The van der Waals surface area contributed by atoms with Crippen LogP contribution in [0.5, 0.6) is 0 Å². The molecule has 5 heteroatoms. The van der Waals surface area contributed by atoms with Crippen LogP contribution in [0.15, 0.2) is 12.1 Å². The van der Waals surface area contributed by atoms with Crippen molar-refractivity contribution in [3.63, 3.8) is 0 Å². The number of anilines is 1.